The molecule has 2 atom stereocenters. The van der Waals surface area contributed by atoms with Crippen LogP contribution in [0.2, 0.25) is 0 Å². The quantitative estimate of drug-likeness (QED) is 0.576. The lowest BCUT2D eigenvalue weighted by Crippen LogP contribution is -2.48. The van der Waals surface area contributed by atoms with Gasteiger partial charge in [0.1, 0.15) is 11.0 Å². The number of carboxylic acids is 1. The highest BCUT2D eigenvalue weighted by molar-refractivity contribution is 7.09. The average molecular weight is 286 g/mol. The van der Waals surface area contributed by atoms with Crippen molar-refractivity contribution in [2.45, 2.75) is 25.4 Å². The number of carbonyl (C=O) groups is 3. The number of aliphatic carboxylic acids is 1. The van der Waals surface area contributed by atoms with E-state index in [1.165, 1.54) is 11.3 Å². The summed E-state index contributed by atoms with van der Waals surface area (Å²) in [6.45, 7) is 1.71. The van der Waals surface area contributed by atoms with E-state index in [1.807, 2.05) is 0 Å². The van der Waals surface area contributed by atoms with E-state index in [0.29, 0.717) is 5.01 Å². The topological polar surface area (TPSA) is 134 Å². The van der Waals surface area contributed by atoms with Crippen LogP contribution in [0, 0.1) is 0 Å². The lowest BCUT2D eigenvalue weighted by molar-refractivity contribution is -0.140. The van der Waals surface area contributed by atoms with Crippen LogP contribution in [-0.2, 0) is 9.59 Å². The van der Waals surface area contributed by atoms with Crippen LogP contribution >= 0.6 is 11.3 Å². The van der Waals surface area contributed by atoms with Gasteiger partial charge >= 0.3 is 12.0 Å². The van der Waals surface area contributed by atoms with Crippen LogP contribution in [-0.4, -0.2) is 34.0 Å². The molecule has 0 fully saturated rings. The van der Waals surface area contributed by atoms with E-state index in [9.17, 15) is 14.4 Å². The van der Waals surface area contributed by atoms with Gasteiger partial charge < -0.3 is 21.5 Å². The Balaban J connectivity index is 2.53. The Labute approximate surface area is 113 Å². The summed E-state index contributed by atoms with van der Waals surface area (Å²) in [6, 6.07) is -2.40. The van der Waals surface area contributed by atoms with Crippen molar-refractivity contribution >= 4 is 29.2 Å². The summed E-state index contributed by atoms with van der Waals surface area (Å²) in [7, 11) is 0. The number of nitrogens with zero attached hydrogens (tertiary/aromatic N) is 1. The number of nitrogens with two attached hydrogens (primary N) is 1. The Kier molecular flexibility index (Phi) is 5.24. The molecule has 0 aliphatic rings. The van der Waals surface area contributed by atoms with Crippen LogP contribution < -0.4 is 16.4 Å². The normalized spacial score (nSPS) is 13.3. The summed E-state index contributed by atoms with van der Waals surface area (Å²) < 4.78 is 0. The van der Waals surface area contributed by atoms with Crippen molar-refractivity contribution in [3.63, 3.8) is 0 Å². The third-order valence-electron chi connectivity index (χ3n) is 2.18. The largest absolute Gasteiger partial charge is 0.480 e. The molecule has 5 N–H and O–H groups in total. The van der Waals surface area contributed by atoms with Gasteiger partial charge in [0.15, 0.2) is 0 Å². The first-order valence-electron chi connectivity index (χ1n) is 5.37. The summed E-state index contributed by atoms with van der Waals surface area (Å²) in [4.78, 5) is 37.1. The Morgan fingerprint density at radius 3 is 2.63 bits per heavy atom. The first-order chi connectivity index (χ1) is 8.90. The molecule has 0 saturated carbocycles. The maximum absolute atomic E-state index is 11.6. The molecule has 0 radical (unpaired) electrons. The predicted molar refractivity (Wildman–Crippen MR) is 67.4 cm³/mol. The molecule has 0 spiro atoms. The highest BCUT2D eigenvalue weighted by atomic mass is 32.1. The summed E-state index contributed by atoms with van der Waals surface area (Å²) in [5, 5.41) is 16.0. The molecule has 19 heavy (non-hydrogen) atoms. The fourth-order valence-electron chi connectivity index (χ4n) is 1.31. The Bertz CT molecular complexity index is 462. The van der Waals surface area contributed by atoms with Gasteiger partial charge in [0.05, 0.1) is 12.5 Å². The number of carboxylic acid groups (broad SMARTS) is 1. The molecule has 0 aromatic carbocycles. The van der Waals surface area contributed by atoms with Gasteiger partial charge in [-0.2, -0.15) is 0 Å². The van der Waals surface area contributed by atoms with Crippen LogP contribution in [0.3, 0.4) is 0 Å². The summed E-state index contributed by atoms with van der Waals surface area (Å²) in [5.74, 6) is -2.13. The molecule has 8 nitrogen and oxygen atoms in total. The number of rotatable bonds is 6. The van der Waals surface area contributed by atoms with Gasteiger partial charge in [0.25, 0.3) is 0 Å². The van der Waals surface area contributed by atoms with Gasteiger partial charge in [-0.05, 0) is 6.92 Å². The van der Waals surface area contributed by atoms with Gasteiger partial charge in [-0.1, -0.05) is 0 Å². The summed E-state index contributed by atoms with van der Waals surface area (Å²) in [6.07, 6.45) is 1.14. The number of amides is 3. The number of hydrogen-bond donors (Lipinski definition) is 4. The van der Waals surface area contributed by atoms with Crippen LogP contribution in [0.15, 0.2) is 11.6 Å². The van der Waals surface area contributed by atoms with Gasteiger partial charge in [0.2, 0.25) is 5.91 Å². The predicted octanol–water partition coefficient (Wildman–Crippen LogP) is -0.168. The maximum atomic E-state index is 11.6. The molecule has 0 aliphatic heterocycles. The third-order valence-corrected chi connectivity index (χ3v) is 3.14. The minimum atomic E-state index is -1.35. The van der Waals surface area contributed by atoms with Crippen molar-refractivity contribution < 1.29 is 19.5 Å². The van der Waals surface area contributed by atoms with Crippen molar-refractivity contribution in [3.8, 4) is 0 Å². The van der Waals surface area contributed by atoms with Crippen molar-refractivity contribution in [2.24, 2.45) is 5.73 Å². The molecular weight excluding hydrogens is 272 g/mol. The van der Waals surface area contributed by atoms with E-state index in [-0.39, 0.29) is 6.04 Å². The van der Waals surface area contributed by atoms with Gasteiger partial charge in [0, 0.05) is 11.6 Å². The van der Waals surface area contributed by atoms with Gasteiger partial charge in [-0.15, -0.1) is 11.3 Å². The molecule has 1 unspecified atom stereocenters. The Morgan fingerprint density at radius 2 is 2.16 bits per heavy atom. The van der Waals surface area contributed by atoms with E-state index in [0.717, 1.165) is 0 Å². The second-order valence-electron chi connectivity index (χ2n) is 3.77. The zero-order chi connectivity index (χ0) is 14.4. The molecule has 1 rings (SSSR count). The van der Waals surface area contributed by atoms with Gasteiger partial charge in [-0.3, -0.25) is 4.79 Å². The second-order valence-corrected chi connectivity index (χ2v) is 4.70. The zero-order valence-electron chi connectivity index (χ0n) is 10.1. The fraction of sp³-hybridized carbons (Fsp3) is 0.400. The summed E-state index contributed by atoms with van der Waals surface area (Å²) in [5.41, 5.74) is 4.90. The minimum Gasteiger partial charge on any atom is -0.480 e. The second kappa shape index (κ2) is 6.69. The maximum Gasteiger partial charge on any atom is 0.326 e. The van der Waals surface area contributed by atoms with E-state index in [4.69, 9.17) is 10.8 Å². The van der Waals surface area contributed by atoms with Crippen LogP contribution in [0.5, 0.6) is 0 Å². The highest BCUT2D eigenvalue weighted by Crippen LogP contribution is 2.14. The molecular formula is C10H14N4O4S. The van der Waals surface area contributed by atoms with Crippen molar-refractivity contribution in [1.82, 2.24) is 15.6 Å². The van der Waals surface area contributed by atoms with Crippen molar-refractivity contribution in [3.05, 3.63) is 16.6 Å². The average Bonchev–Trinajstić information content (AvgIpc) is 2.80. The highest BCUT2D eigenvalue weighted by Gasteiger charge is 2.23. The number of aromatic nitrogens is 1. The number of primary amides is 1. The Hall–Kier alpha value is -2.16. The number of thiazole rings is 1. The Morgan fingerprint density at radius 1 is 1.47 bits per heavy atom. The van der Waals surface area contributed by atoms with Gasteiger partial charge in [-0.25, -0.2) is 14.6 Å². The number of hydrogen-bond acceptors (Lipinski definition) is 5. The smallest absolute Gasteiger partial charge is 0.326 e. The molecule has 3 amide bonds. The van der Waals surface area contributed by atoms with Crippen LogP contribution in [0.4, 0.5) is 4.79 Å². The standard InChI is InChI=1S/C10H14N4O4S/c1-5(8-12-2-3-19-8)13-10(18)14-6(9(16)17)4-7(11)15/h2-3,5-6H,4H2,1H3,(H2,11,15)(H,16,17)(H2,13,14,18)/t5?,6-/m1/s1. The van der Waals surface area contributed by atoms with Crippen molar-refractivity contribution in [1.29, 1.82) is 0 Å². The third kappa shape index (κ3) is 4.92. The molecule has 0 aliphatic carbocycles. The molecule has 0 saturated heterocycles. The SMILES string of the molecule is CC(NC(=O)N[C@H](CC(N)=O)C(=O)O)c1nccs1. The fourth-order valence-corrected chi connectivity index (χ4v) is 1.95. The first-order valence-corrected chi connectivity index (χ1v) is 6.25. The van der Waals surface area contributed by atoms with Crippen molar-refractivity contribution in [2.75, 3.05) is 0 Å². The zero-order valence-corrected chi connectivity index (χ0v) is 10.9. The number of urea groups is 1. The molecule has 1 aromatic rings. The van der Waals surface area contributed by atoms with Crippen LogP contribution in [0.1, 0.15) is 24.4 Å². The number of nitrogens with one attached hydrogen (secondary N) is 2. The monoisotopic (exact) mass is 286 g/mol. The lowest BCUT2D eigenvalue weighted by atomic mass is 10.2. The van der Waals surface area contributed by atoms with E-state index in [2.05, 4.69) is 15.6 Å². The van der Waals surface area contributed by atoms with E-state index in [1.54, 1.807) is 18.5 Å². The van der Waals surface area contributed by atoms with Crippen LogP contribution in [0.25, 0.3) is 0 Å². The molecule has 1 aromatic heterocycles. The number of carbonyl (C=O) groups excluding carboxylic acids is 2. The molecule has 9 heteroatoms. The van der Waals surface area contributed by atoms with E-state index >= 15 is 0 Å². The lowest BCUT2D eigenvalue weighted by Gasteiger charge is -2.16. The summed E-state index contributed by atoms with van der Waals surface area (Å²) >= 11 is 1.36. The molecule has 1 heterocycles. The molecule has 0 bridgehead atoms. The van der Waals surface area contributed by atoms with E-state index < -0.39 is 30.4 Å². The molecule has 104 valence electrons. The first kappa shape index (κ1) is 14.9. The minimum absolute atomic E-state index is 0.358.